The van der Waals surface area contributed by atoms with E-state index in [1.807, 2.05) is 13.2 Å². The van der Waals surface area contributed by atoms with Gasteiger partial charge in [0.15, 0.2) is 0 Å². The molecule has 1 unspecified atom stereocenters. The summed E-state index contributed by atoms with van der Waals surface area (Å²) in [5.74, 6) is 0.269. The quantitative estimate of drug-likeness (QED) is 0.0634. The Morgan fingerprint density at radius 3 is 1.37 bits per heavy atom. The Balaban J connectivity index is -0.000000594. The molecule has 9 nitrogen and oxygen atoms in total. The highest BCUT2D eigenvalue weighted by Gasteiger charge is 1.94. The summed E-state index contributed by atoms with van der Waals surface area (Å²) in [5.41, 5.74) is 1.28. The van der Waals surface area contributed by atoms with E-state index >= 15 is 0 Å². The lowest BCUT2D eigenvalue weighted by atomic mass is 10.1. The second-order valence-corrected chi connectivity index (χ2v) is 9.59. The van der Waals surface area contributed by atoms with Crippen LogP contribution in [0.5, 0.6) is 0 Å². The summed E-state index contributed by atoms with van der Waals surface area (Å²) >= 11 is 0. The minimum atomic E-state index is 0.0696. The van der Waals surface area contributed by atoms with Crippen LogP contribution in [0.25, 0.3) is 0 Å². The van der Waals surface area contributed by atoms with Gasteiger partial charge in [-0.25, -0.2) is 0 Å². The molecule has 9 heteroatoms. The molecule has 0 rings (SSSR count). The number of hydrogen-bond acceptors (Lipinski definition) is 9. The minimum Gasteiger partial charge on any atom is -0.499 e. The van der Waals surface area contributed by atoms with Gasteiger partial charge in [0.2, 0.25) is 0 Å². The molecule has 0 fully saturated rings. The Hall–Kier alpha value is -1.07. The zero-order valence-corrected chi connectivity index (χ0v) is 27.5. The molecule has 0 bridgehead atoms. The van der Waals surface area contributed by atoms with Crippen molar-refractivity contribution in [1.29, 1.82) is 0 Å². The van der Waals surface area contributed by atoms with Gasteiger partial charge in [0, 0.05) is 19.1 Å². The van der Waals surface area contributed by atoms with Crippen LogP contribution in [-0.2, 0) is 38.0 Å². The number of rotatable bonds is 29. The van der Waals surface area contributed by atoms with Gasteiger partial charge < -0.3 is 43.1 Å². The average Bonchev–Trinajstić information content (AvgIpc) is 2.97. The van der Waals surface area contributed by atoms with Gasteiger partial charge in [-0.1, -0.05) is 60.3 Å². The fraction of sp³-hybridized carbons (Fsp3) is 0.906. The molecular formula is C32H66O9. The van der Waals surface area contributed by atoms with Crippen LogP contribution < -0.4 is 0 Å². The molecule has 0 aliphatic carbocycles. The van der Waals surface area contributed by atoms with E-state index in [0.717, 1.165) is 64.4 Å². The SMILES string of the molecule is CCCC(C)C=O.CCCCOCCOCCOCCO.CCCCOCCOCCOCCOC=C(C)CCC. The first-order chi connectivity index (χ1) is 20.0. The lowest BCUT2D eigenvalue weighted by Gasteiger charge is -2.07. The number of unbranched alkanes of at least 4 members (excludes halogenated alkanes) is 2. The third-order valence-corrected chi connectivity index (χ3v) is 5.26. The highest BCUT2D eigenvalue weighted by molar-refractivity contribution is 5.52. The maximum atomic E-state index is 9.89. The molecule has 248 valence electrons. The Morgan fingerprint density at radius 1 is 0.610 bits per heavy atom. The molecule has 0 saturated heterocycles. The maximum Gasteiger partial charge on any atom is 0.122 e. The summed E-state index contributed by atoms with van der Waals surface area (Å²) in [6.45, 7) is 20.8. The van der Waals surface area contributed by atoms with Crippen LogP contribution in [0.3, 0.4) is 0 Å². The van der Waals surface area contributed by atoms with E-state index in [1.54, 1.807) is 0 Å². The first-order valence-electron chi connectivity index (χ1n) is 15.8. The molecule has 0 saturated carbocycles. The molecule has 0 spiro atoms. The van der Waals surface area contributed by atoms with Gasteiger partial charge in [-0.2, -0.15) is 0 Å². The van der Waals surface area contributed by atoms with E-state index < -0.39 is 0 Å². The van der Waals surface area contributed by atoms with Gasteiger partial charge in [-0.05, 0) is 38.2 Å². The van der Waals surface area contributed by atoms with E-state index in [2.05, 4.69) is 34.6 Å². The number of allylic oxidation sites excluding steroid dienone is 1. The number of carbonyl (C=O) groups is 1. The molecule has 0 aromatic rings. The van der Waals surface area contributed by atoms with Crippen LogP contribution in [0.15, 0.2) is 11.8 Å². The summed E-state index contributed by atoms with van der Waals surface area (Å²) in [4.78, 5) is 9.89. The lowest BCUT2D eigenvalue weighted by molar-refractivity contribution is -0.110. The maximum absolute atomic E-state index is 9.89. The number of aldehydes is 1. The van der Waals surface area contributed by atoms with E-state index in [9.17, 15) is 4.79 Å². The van der Waals surface area contributed by atoms with Gasteiger partial charge >= 0.3 is 0 Å². The van der Waals surface area contributed by atoms with Crippen LogP contribution in [0, 0.1) is 5.92 Å². The predicted octanol–water partition coefficient (Wildman–Crippen LogP) is 6.01. The van der Waals surface area contributed by atoms with Crippen molar-refractivity contribution in [3.8, 4) is 0 Å². The summed E-state index contributed by atoms with van der Waals surface area (Å²) in [7, 11) is 0. The predicted molar refractivity (Wildman–Crippen MR) is 167 cm³/mol. The Morgan fingerprint density at radius 2 is 1.02 bits per heavy atom. The third-order valence-electron chi connectivity index (χ3n) is 5.26. The molecule has 0 aliphatic rings. The molecule has 0 aromatic carbocycles. The van der Waals surface area contributed by atoms with Crippen molar-refractivity contribution in [3.63, 3.8) is 0 Å². The van der Waals surface area contributed by atoms with Crippen LogP contribution in [0.4, 0.5) is 0 Å². The molecule has 41 heavy (non-hydrogen) atoms. The second kappa shape index (κ2) is 43.4. The van der Waals surface area contributed by atoms with Crippen molar-refractivity contribution in [2.24, 2.45) is 5.92 Å². The van der Waals surface area contributed by atoms with Crippen molar-refractivity contribution in [1.82, 2.24) is 0 Å². The largest absolute Gasteiger partial charge is 0.499 e. The third kappa shape index (κ3) is 49.0. The molecule has 0 amide bonds. The van der Waals surface area contributed by atoms with Gasteiger partial charge in [0.1, 0.15) is 12.9 Å². The van der Waals surface area contributed by atoms with Gasteiger partial charge in [0.05, 0.1) is 78.9 Å². The van der Waals surface area contributed by atoms with Gasteiger partial charge in [-0.3, -0.25) is 0 Å². The van der Waals surface area contributed by atoms with Crippen LogP contribution in [-0.4, -0.2) is 104 Å². The Kier molecular flexibility index (Phi) is 47.0. The van der Waals surface area contributed by atoms with E-state index in [1.165, 1.54) is 12.0 Å². The van der Waals surface area contributed by atoms with Crippen LogP contribution in [0.1, 0.15) is 92.9 Å². The van der Waals surface area contributed by atoms with E-state index in [-0.39, 0.29) is 12.5 Å². The zero-order chi connectivity index (χ0) is 31.1. The van der Waals surface area contributed by atoms with E-state index in [0.29, 0.717) is 72.7 Å². The van der Waals surface area contributed by atoms with Gasteiger partial charge in [0.25, 0.3) is 0 Å². The van der Waals surface area contributed by atoms with Crippen molar-refractivity contribution >= 4 is 6.29 Å². The summed E-state index contributed by atoms with van der Waals surface area (Å²) in [6.07, 6.45) is 11.8. The molecule has 0 heterocycles. The summed E-state index contributed by atoms with van der Waals surface area (Å²) in [6, 6.07) is 0. The first-order valence-corrected chi connectivity index (χ1v) is 15.8. The highest BCUT2D eigenvalue weighted by Crippen LogP contribution is 2.02. The molecule has 1 N–H and O–H groups in total. The van der Waals surface area contributed by atoms with Crippen LogP contribution in [0.2, 0.25) is 0 Å². The topological polar surface area (TPSA) is 102 Å². The smallest absolute Gasteiger partial charge is 0.122 e. The first kappa shape index (κ1) is 44.4. The minimum absolute atomic E-state index is 0.0696. The molecule has 0 aromatic heterocycles. The number of aliphatic hydroxyl groups excluding tert-OH is 1. The summed E-state index contributed by atoms with van der Waals surface area (Å²) < 4.78 is 37.1. The standard InChI is InChI=1S/C16H32O4.C10H22O4.C6H12O/c1-4-6-8-17-9-10-18-11-12-19-13-14-20-15-16(3)7-5-2;1-2-3-5-12-7-9-14-10-8-13-6-4-11;1-3-4-6(2)5-7/h15H,4-14H2,1-3H3;11H,2-10H2,1H3;5-6H,3-4H2,1-2H3. The number of ether oxygens (including phenoxy) is 7. The van der Waals surface area contributed by atoms with Crippen molar-refractivity contribution in [3.05, 3.63) is 11.8 Å². The average molecular weight is 595 g/mol. The number of aliphatic hydroxyl groups is 1. The normalized spacial score (nSPS) is 11.7. The number of hydrogen-bond donors (Lipinski definition) is 1. The van der Waals surface area contributed by atoms with Crippen molar-refractivity contribution in [2.45, 2.75) is 92.9 Å². The molecule has 0 aliphatic heterocycles. The highest BCUT2D eigenvalue weighted by atomic mass is 16.6. The van der Waals surface area contributed by atoms with Crippen molar-refractivity contribution < 1.29 is 43.1 Å². The number of carbonyl (C=O) groups excluding carboxylic acids is 1. The van der Waals surface area contributed by atoms with Crippen molar-refractivity contribution in [2.75, 3.05) is 92.5 Å². The monoisotopic (exact) mass is 594 g/mol. The lowest BCUT2D eigenvalue weighted by Crippen LogP contribution is -2.11. The van der Waals surface area contributed by atoms with E-state index in [4.69, 9.17) is 38.3 Å². The fourth-order valence-electron chi connectivity index (χ4n) is 2.93. The fourth-order valence-corrected chi connectivity index (χ4v) is 2.93. The molecule has 1 atom stereocenters. The van der Waals surface area contributed by atoms with Crippen LogP contribution >= 0.6 is 0 Å². The zero-order valence-electron chi connectivity index (χ0n) is 27.5. The second-order valence-electron chi connectivity index (χ2n) is 9.59. The molecule has 0 radical (unpaired) electrons. The Labute approximate surface area is 252 Å². The van der Waals surface area contributed by atoms with Gasteiger partial charge in [-0.15, -0.1) is 0 Å². The Bertz CT molecular complexity index is 478. The summed E-state index contributed by atoms with van der Waals surface area (Å²) in [5, 5.41) is 8.40. The molecular weight excluding hydrogens is 528 g/mol.